The van der Waals surface area contributed by atoms with E-state index in [0.717, 1.165) is 24.2 Å². The van der Waals surface area contributed by atoms with Gasteiger partial charge in [-0.3, -0.25) is 4.79 Å². The smallest absolute Gasteiger partial charge is 0.261 e. The fourth-order valence-corrected chi connectivity index (χ4v) is 3.58. The number of ether oxygens (including phenoxy) is 1. The molecule has 0 unspecified atom stereocenters. The van der Waals surface area contributed by atoms with Crippen molar-refractivity contribution in [3.05, 3.63) is 65.5 Å². The van der Waals surface area contributed by atoms with Crippen molar-refractivity contribution in [2.75, 3.05) is 0 Å². The van der Waals surface area contributed by atoms with Crippen molar-refractivity contribution < 1.29 is 14.1 Å². The van der Waals surface area contributed by atoms with Crippen LogP contribution >= 0.6 is 0 Å². The summed E-state index contributed by atoms with van der Waals surface area (Å²) in [7, 11) is 0. The van der Waals surface area contributed by atoms with Crippen molar-refractivity contribution in [1.29, 1.82) is 0 Å². The summed E-state index contributed by atoms with van der Waals surface area (Å²) in [5, 5.41) is 6.81. The number of amides is 1. The number of fused-ring (bicyclic) bond motifs is 1. The van der Waals surface area contributed by atoms with Crippen LogP contribution in [0.15, 0.2) is 53.1 Å². The van der Waals surface area contributed by atoms with Gasteiger partial charge < -0.3 is 14.6 Å². The standard InChI is InChI=1S/C23H25N3O3/c1-2-20(28-19-13-12-16-8-6-7-11-18(16)14-19)23(27)24-15-21-25-22(26-29-21)17-9-4-3-5-10-17/h3-5,9-10,12-14,20H,2,6-8,11,15H2,1H3,(H,24,27)/t20-/m0/s1. The Morgan fingerprint density at radius 3 is 2.72 bits per heavy atom. The normalized spacial score (nSPS) is 14.1. The molecule has 1 aromatic heterocycles. The van der Waals surface area contributed by atoms with Gasteiger partial charge in [-0.2, -0.15) is 4.98 Å². The number of benzene rings is 2. The quantitative estimate of drug-likeness (QED) is 0.656. The molecule has 0 radical (unpaired) electrons. The number of aryl methyl sites for hydroxylation is 2. The lowest BCUT2D eigenvalue weighted by Crippen LogP contribution is -2.37. The maximum Gasteiger partial charge on any atom is 0.261 e. The van der Waals surface area contributed by atoms with E-state index in [9.17, 15) is 4.79 Å². The molecule has 2 aromatic carbocycles. The Hall–Kier alpha value is -3.15. The summed E-state index contributed by atoms with van der Waals surface area (Å²) in [5.41, 5.74) is 3.60. The molecule has 0 bridgehead atoms. The number of carbonyl (C=O) groups is 1. The number of rotatable bonds is 7. The lowest BCUT2D eigenvalue weighted by molar-refractivity contribution is -0.128. The summed E-state index contributed by atoms with van der Waals surface area (Å²) in [6.07, 6.45) is 4.67. The van der Waals surface area contributed by atoms with E-state index < -0.39 is 6.10 Å². The molecule has 0 aliphatic heterocycles. The summed E-state index contributed by atoms with van der Waals surface area (Å²) in [4.78, 5) is 16.9. The molecule has 3 aromatic rings. The van der Waals surface area contributed by atoms with Gasteiger partial charge in [-0.1, -0.05) is 48.5 Å². The molecule has 1 aliphatic rings. The van der Waals surface area contributed by atoms with Gasteiger partial charge in [0.2, 0.25) is 11.7 Å². The Balaban J connectivity index is 1.35. The second kappa shape index (κ2) is 8.90. The predicted octanol–water partition coefficient (Wildman–Crippen LogP) is 4.09. The molecule has 0 saturated heterocycles. The highest BCUT2D eigenvalue weighted by atomic mass is 16.5. The third kappa shape index (κ3) is 4.65. The van der Waals surface area contributed by atoms with E-state index in [-0.39, 0.29) is 12.5 Å². The van der Waals surface area contributed by atoms with Gasteiger partial charge >= 0.3 is 0 Å². The molecule has 150 valence electrons. The first kappa shape index (κ1) is 19.2. The second-order valence-electron chi connectivity index (χ2n) is 7.25. The molecular weight excluding hydrogens is 366 g/mol. The zero-order chi connectivity index (χ0) is 20.1. The predicted molar refractivity (Wildman–Crippen MR) is 109 cm³/mol. The van der Waals surface area contributed by atoms with Gasteiger partial charge in [0.1, 0.15) is 5.75 Å². The number of hydrogen-bond donors (Lipinski definition) is 1. The Labute approximate surface area is 170 Å². The highest BCUT2D eigenvalue weighted by Gasteiger charge is 2.20. The van der Waals surface area contributed by atoms with Crippen LogP contribution in [-0.4, -0.2) is 22.2 Å². The van der Waals surface area contributed by atoms with Crippen molar-refractivity contribution in [2.45, 2.75) is 51.7 Å². The van der Waals surface area contributed by atoms with Crippen LogP contribution in [0.1, 0.15) is 43.2 Å². The Morgan fingerprint density at radius 2 is 1.93 bits per heavy atom. The summed E-state index contributed by atoms with van der Waals surface area (Å²) in [6.45, 7) is 2.10. The summed E-state index contributed by atoms with van der Waals surface area (Å²) >= 11 is 0. The number of hydrogen-bond acceptors (Lipinski definition) is 5. The summed E-state index contributed by atoms with van der Waals surface area (Å²) < 4.78 is 11.2. The maximum atomic E-state index is 12.6. The summed E-state index contributed by atoms with van der Waals surface area (Å²) in [6, 6.07) is 15.7. The third-order valence-corrected chi connectivity index (χ3v) is 5.18. The first-order valence-corrected chi connectivity index (χ1v) is 10.2. The minimum Gasteiger partial charge on any atom is -0.481 e. The van der Waals surface area contributed by atoms with Crippen LogP contribution < -0.4 is 10.1 Å². The van der Waals surface area contributed by atoms with Gasteiger partial charge in [0.25, 0.3) is 5.91 Å². The third-order valence-electron chi connectivity index (χ3n) is 5.18. The highest BCUT2D eigenvalue weighted by molar-refractivity contribution is 5.81. The molecule has 6 nitrogen and oxygen atoms in total. The average Bonchev–Trinajstić information content (AvgIpc) is 3.25. The van der Waals surface area contributed by atoms with Crippen LogP contribution in [0.4, 0.5) is 0 Å². The molecule has 1 atom stereocenters. The van der Waals surface area contributed by atoms with E-state index in [1.165, 1.54) is 24.0 Å². The minimum atomic E-state index is -0.562. The Bertz CT molecular complexity index is 969. The van der Waals surface area contributed by atoms with Crippen LogP contribution in [0, 0.1) is 0 Å². The highest BCUT2D eigenvalue weighted by Crippen LogP contribution is 2.26. The maximum absolute atomic E-state index is 12.6. The largest absolute Gasteiger partial charge is 0.481 e. The van der Waals surface area contributed by atoms with E-state index in [4.69, 9.17) is 9.26 Å². The van der Waals surface area contributed by atoms with Gasteiger partial charge in [0, 0.05) is 5.56 Å². The molecule has 4 rings (SSSR count). The van der Waals surface area contributed by atoms with E-state index in [0.29, 0.717) is 18.1 Å². The van der Waals surface area contributed by atoms with Gasteiger partial charge in [0.15, 0.2) is 6.10 Å². The van der Waals surface area contributed by atoms with Crippen LogP contribution in [0.25, 0.3) is 11.4 Å². The Kier molecular flexibility index (Phi) is 5.89. The Morgan fingerprint density at radius 1 is 1.14 bits per heavy atom. The molecule has 1 aliphatic carbocycles. The first-order valence-electron chi connectivity index (χ1n) is 10.2. The molecule has 0 spiro atoms. The van der Waals surface area contributed by atoms with Gasteiger partial charge in [-0.05, 0) is 55.4 Å². The van der Waals surface area contributed by atoms with Crippen molar-refractivity contribution in [2.24, 2.45) is 0 Å². The van der Waals surface area contributed by atoms with E-state index in [1.807, 2.05) is 43.3 Å². The number of nitrogens with one attached hydrogen (secondary N) is 1. The lowest BCUT2D eigenvalue weighted by atomic mass is 9.92. The molecule has 0 saturated carbocycles. The lowest BCUT2D eigenvalue weighted by Gasteiger charge is -2.20. The number of aromatic nitrogens is 2. The SMILES string of the molecule is CC[C@H](Oc1ccc2c(c1)CCCC2)C(=O)NCc1nc(-c2ccccc2)no1. The fourth-order valence-electron chi connectivity index (χ4n) is 3.58. The van der Waals surface area contributed by atoms with Crippen molar-refractivity contribution in [3.8, 4) is 17.1 Å². The number of carbonyl (C=O) groups excluding carboxylic acids is 1. The van der Waals surface area contributed by atoms with Crippen LogP contribution in [0.3, 0.4) is 0 Å². The van der Waals surface area contributed by atoms with Crippen LogP contribution in [0.2, 0.25) is 0 Å². The molecule has 6 heteroatoms. The number of nitrogens with zero attached hydrogens (tertiary/aromatic N) is 2. The molecular formula is C23H25N3O3. The average molecular weight is 391 g/mol. The van der Waals surface area contributed by atoms with Gasteiger partial charge in [-0.15, -0.1) is 0 Å². The van der Waals surface area contributed by atoms with Crippen molar-refractivity contribution in [1.82, 2.24) is 15.5 Å². The molecule has 1 amide bonds. The van der Waals surface area contributed by atoms with Gasteiger partial charge in [0.05, 0.1) is 6.54 Å². The second-order valence-corrected chi connectivity index (χ2v) is 7.25. The van der Waals surface area contributed by atoms with Crippen molar-refractivity contribution >= 4 is 5.91 Å². The monoisotopic (exact) mass is 391 g/mol. The zero-order valence-corrected chi connectivity index (χ0v) is 16.6. The topological polar surface area (TPSA) is 77.2 Å². The molecule has 1 N–H and O–H groups in total. The van der Waals surface area contributed by atoms with E-state index in [2.05, 4.69) is 27.6 Å². The zero-order valence-electron chi connectivity index (χ0n) is 16.6. The molecule has 0 fully saturated rings. The molecule has 1 heterocycles. The van der Waals surface area contributed by atoms with Crippen LogP contribution in [0.5, 0.6) is 5.75 Å². The van der Waals surface area contributed by atoms with Gasteiger partial charge in [-0.25, -0.2) is 0 Å². The van der Waals surface area contributed by atoms with Crippen LogP contribution in [-0.2, 0) is 24.2 Å². The minimum absolute atomic E-state index is 0.169. The fraction of sp³-hybridized carbons (Fsp3) is 0.348. The van der Waals surface area contributed by atoms with Crippen molar-refractivity contribution in [3.63, 3.8) is 0 Å². The molecule has 29 heavy (non-hydrogen) atoms. The summed E-state index contributed by atoms with van der Waals surface area (Å²) in [5.74, 6) is 1.43. The van der Waals surface area contributed by atoms with E-state index >= 15 is 0 Å². The first-order chi connectivity index (χ1) is 14.2. The van der Waals surface area contributed by atoms with E-state index in [1.54, 1.807) is 0 Å².